The van der Waals surface area contributed by atoms with Crippen LogP contribution < -0.4 is 5.32 Å². The van der Waals surface area contributed by atoms with Crippen molar-refractivity contribution in [1.82, 2.24) is 5.32 Å². The molecule has 0 saturated heterocycles. The van der Waals surface area contributed by atoms with Gasteiger partial charge in [-0.1, -0.05) is 32.4 Å². The molecule has 0 spiro atoms. The van der Waals surface area contributed by atoms with Gasteiger partial charge in [0.25, 0.3) is 0 Å². The van der Waals surface area contributed by atoms with E-state index in [-0.39, 0.29) is 5.82 Å². The maximum atomic E-state index is 13.9. The van der Waals surface area contributed by atoms with Gasteiger partial charge < -0.3 is 5.32 Å². The van der Waals surface area contributed by atoms with Crippen molar-refractivity contribution in [2.75, 3.05) is 5.75 Å². The smallest absolute Gasteiger partial charge is 0.137 e. The van der Waals surface area contributed by atoms with Crippen molar-refractivity contribution in [3.8, 4) is 0 Å². The SMILES string of the molecule is CCC(C)CSc1c(F)cccc1CNC1CC1. The molecular formula is C15H22FNS. The first kappa shape index (κ1) is 13.9. The number of hydrogen-bond donors (Lipinski definition) is 1. The van der Waals surface area contributed by atoms with E-state index in [2.05, 4.69) is 19.2 Å². The third-order valence-corrected chi connectivity index (χ3v) is 4.90. The van der Waals surface area contributed by atoms with E-state index in [0.717, 1.165) is 29.2 Å². The van der Waals surface area contributed by atoms with Gasteiger partial charge in [-0.15, -0.1) is 11.8 Å². The lowest BCUT2D eigenvalue weighted by molar-refractivity contribution is 0.587. The van der Waals surface area contributed by atoms with Gasteiger partial charge in [-0.2, -0.15) is 0 Å². The van der Waals surface area contributed by atoms with Gasteiger partial charge >= 0.3 is 0 Å². The molecule has 0 heterocycles. The van der Waals surface area contributed by atoms with Crippen LogP contribution in [0.2, 0.25) is 0 Å². The number of halogens is 1. The molecule has 0 aromatic heterocycles. The highest BCUT2D eigenvalue weighted by Crippen LogP contribution is 2.29. The minimum Gasteiger partial charge on any atom is -0.310 e. The van der Waals surface area contributed by atoms with Gasteiger partial charge in [-0.05, 0) is 30.4 Å². The van der Waals surface area contributed by atoms with Crippen LogP contribution in [-0.4, -0.2) is 11.8 Å². The van der Waals surface area contributed by atoms with Crippen LogP contribution in [0.1, 0.15) is 38.7 Å². The maximum absolute atomic E-state index is 13.9. The molecule has 1 aliphatic carbocycles. The molecule has 1 atom stereocenters. The Kier molecular flexibility index (Phi) is 5.07. The predicted molar refractivity (Wildman–Crippen MR) is 76.4 cm³/mol. The van der Waals surface area contributed by atoms with Gasteiger partial charge in [0.1, 0.15) is 5.82 Å². The zero-order valence-electron chi connectivity index (χ0n) is 11.2. The summed E-state index contributed by atoms with van der Waals surface area (Å²) >= 11 is 1.66. The number of rotatable bonds is 7. The fourth-order valence-electron chi connectivity index (χ4n) is 1.74. The molecule has 1 fully saturated rings. The average Bonchev–Trinajstić information content (AvgIpc) is 3.18. The fraction of sp³-hybridized carbons (Fsp3) is 0.600. The third kappa shape index (κ3) is 3.99. The van der Waals surface area contributed by atoms with Gasteiger partial charge in [0.15, 0.2) is 0 Å². The summed E-state index contributed by atoms with van der Waals surface area (Å²) in [5.74, 6) is 1.56. The van der Waals surface area contributed by atoms with E-state index >= 15 is 0 Å². The zero-order chi connectivity index (χ0) is 13.0. The number of hydrogen-bond acceptors (Lipinski definition) is 2. The van der Waals surface area contributed by atoms with Crippen LogP contribution in [0.3, 0.4) is 0 Å². The Morgan fingerprint density at radius 1 is 1.44 bits per heavy atom. The lowest BCUT2D eigenvalue weighted by Gasteiger charge is -2.13. The van der Waals surface area contributed by atoms with Gasteiger partial charge in [0.05, 0.1) is 0 Å². The molecule has 0 amide bonds. The molecule has 0 radical (unpaired) electrons. The molecule has 1 N–H and O–H groups in total. The van der Waals surface area contributed by atoms with Crippen molar-refractivity contribution < 1.29 is 4.39 Å². The van der Waals surface area contributed by atoms with Crippen molar-refractivity contribution in [3.05, 3.63) is 29.6 Å². The Balaban J connectivity index is 1.99. The van der Waals surface area contributed by atoms with Gasteiger partial charge in [-0.3, -0.25) is 0 Å². The molecule has 2 rings (SSSR count). The summed E-state index contributed by atoms with van der Waals surface area (Å²) in [6.45, 7) is 5.20. The van der Waals surface area contributed by atoms with Crippen LogP contribution in [0.5, 0.6) is 0 Å². The molecule has 0 aliphatic heterocycles. The number of nitrogens with one attached hydrogen (secondary N) is 1. The first-order chi connectivity index (χ1) is 8.70. The lowest BCUT2D eigenvalue weighted by atomic mass is 10.2. The summed E-state index contributed by atoms with van der Waals surface area (Å²) in [6.07, 6.45) is 3.69. The van der Waals surface area contributed by atoms with Gasteiger partial charge in [0, 0.05) is 23.2 Å². The molecule has 1 aromatic rings. The van der Waals surface area contributed by atoms with E-state index in [1.54, 1.807) is 17.8 Å². The highest BCUT2D eigenvalue weighted by atomic mass is 32.2. The first-order valence-electron chi connectivity index (χ1n) is 6.84. The molecule has 1 nitrogen and oxygen atoms in total. The van der Waals surface area contributed by atoms with Crippen LogP contribution in [0, 0.1) is 11.7 Å². The van der Waals surface area contributed by atoms with E-state index in [1.807, 2.05) is 12.1 Å². The van der Waals surface area contributed by atoms with Crippen LogP contribution in [-0.2, 0) is 6.54 Å². The second kappa shape index (κ2) is 6.58. The molecule has 1 saturated carbocycles. The standard InChI is InChI=1S/C15H22FNS/c1-3-11(2)10-18-15-12(5-4-6-14(15)16)9-17-13-7-8-13/h4-6,11,13,17H,3,7-10H2,1-2H3. The minimum absolute atomic E-state index is 0.0709. The summed E-state index contributed by atoms with van der Waals surface area (Å²) in [6, 6.07) is 6.09. The summed E-state index contributed by atoms with van der Waals surface area (Å²) in [7, 11) is 0. The summed E-state index contributed by atoms with van der Waals surface area (Å²) in [5.41, 5.74) is 1.11. The van der Waals surface area contributed by atoms with Gasteiger partial charge in [-0.25, -0.2) is 4.39 Å². The first-order valence-corrected chi connectivity index (χ1v) is 7.82. The van der Waals surface area contributed by atoms with Crippen LogP contribution in [0.25, 0.3) is 0 Å². The van der Waals surface area contributed by atoms with Crippen LogP contribution in [0.4, 0.5) is 4.39 Å². The molecule has 1 unspecified atom stereocenters. The Hall–Kier alpha value is -0.540. The van der Waals surface area contributed by atoms with Crippen molar-refractivity contribution >= 4 is 11.8 Å². The molecule has 1 aliphatic rings. The fourth-order valence-corrected chi connectivity index (χ4v) is 2.96. The molecular weight excluding hydrogens is 245 g/mol. The average molecular weight is 267 g/mol. The maximum Gasteiger partial charge on any atom is 0.137 e. The highest BCUT2D eigenvalue weighted by Gasteiger charge is 2.21. The Morgan fingerprint density at radius 2 is 2.22 bits per heavy atom. The molecule has 100 valence electrons. The second-order valence-corrected chi connectivity index (χ2v) is 6.24. The second-order valence-electron chi connectivity index (χ2n) is 5.21. The minimum atomic E-state index is -0.0709. The summed E-state index contributed by atoms with van der Waals surface area (Å²) in [4.78, 5) is 0.839. The van der Waals surface area contributed by atoms with Crippen LogP contribution in [0.15, 0.2) is 23.1 Å². The molecule has 1 aromatic carbocycles. The van der Waals surface area contributed by atoms with Crippen LogP contribution >= 0.6 is 11.8 Å². The van der Waals surface area contributed by atoms with Gasteiger partial charge in [0.2, 0.25) is 0 Å². The number of thioether (sulfide) groups is 1. The Bertz CT molecular complexity index is 390. The third-order valence-electron chi connectivity index (χ3n) is 3.42. The van der Waals surface area contributed by atoms with E-state index < -0.39 is 0 Å². The summed E-state index contributed by atoms with van der Waals surface area (Å²) < 4.78 is 13.9. The van der Waals surface area contributed by atoms with E-state index in [1.165, 1.54) is 12.8 Å². The van der Waals surface area contributed by atoms with Crippen molar-refractivity contribution in [2.24, 2.45) is 5.92 Å². The summed E-state index contributed by atoms with van der Waals surface area (Å²) in [5, 5.41) is 3.46. The van der Waals surface area contributed by atoms with E-state index in [9.17, 15) is 4.39 Å². The topological polar surface area (TPSA) is 12.0 Å². The largest absolute Gasteiger partial charge is 0.310 e. The Morgan fingerprint density at radius 3 is 2.89 bits per heavy atom. The van der Waals surface area contributed by atoms with Crippen molar-refractivity contribution in [3.63, 3.8) is 0 Å². The predicted octanol–water partition coefficient (Wildman–Crippen LogP) is 4.22. The molecule has 3 heteroatoms. The quantitative estimate of drug-likeness (QED) is 0.742. The Labute approximate surface area is 114 Å². The highest BCUT2D eigenvalue weighted by molar-refractivity contribution is 7.99. The normalized spacial score (nSPS) is 16.8. The molecule has 0 bridgehead atoms. The lowest BCUT2D eigenvalue weighted by Crippen LogP contribution is -2.16. The van der Waals surface area contributed by atoms with E-state index in [0.29, 0.717) is 12.0 Å². The van der Waals surface area contributed by atoms with Crippen molar-refractivity contribution in [1.29, 1.82) is 0 Å². The monoisotopic (exact) mass is 267 g/mol. The zero-order valence-corrected chi connectivity index (χ0v) is 12.0. The van der Waals surface area contributed by atoms with Crippen molar-refractivity contribution in [2.45, 2.75) is 50.6 Å². The van der Waals surface area contributed by atoms with E-state index in [4.69, 9.17) is 0 Å². The number of benzene rings is 1. The molecule has 18 heavy (non-hydrogen) atoms.